The summed E-state index contributed by atoms with van der Waals surface area (Å²) in [6, 6.07) is 6.40. The van der Waals surface area contributed by atoms with Gasteiger partial charge in [-0.15, -0.1) is 0 Å². The van der Waals surface area contributed by atoms with Crippen molar-refractivity contribution in [2.45, 2.75) is 19.9 Å². The van der Waals surface area contributed by atoms with Crippen LogP contribution in [0.5, 0.6) is 5.75 Å². The summed E-state index contributed by atoms with van der Waals surface area (Å²) in [7, 11) is 1.53. The average molecular weight is 320 g/mol. The van der Waals surface area contributed by atoms with E-state index < -0.39 is 24.5 Å². The maximum Gasteiger partial charge on any atom is 0.331 e. The van der Waals surface area contributed by atoms with Crippen molar-refractivity contribution in [1.29, 1.82) is 0 Å². The van der Waals surface area contributed by atoms with Crippen molar-refractivity contribution in [2.24, 2.45) is 0 Å². The number of benzene rings is 1. The zero-order valence-corrected chi connectivity index (χ0v) is 13.3. The molecule has 1 aromatic carbocycles. The van der Waals surface area contributed by atoms with E-state index in [0.29, 0.717) is 11.3 Å². The van der Waals surface area contributed by atoms with Crippen LogP contribution < -0.4 is 15.4 Å². The SMILES string of the molecule is COc1ccccc1/C=C/C(=O)OCC(=O)NC(=O)NC(C)C. The quantitative estimate of drug-likeness (QED) is 0.612. The van der Waals surface area contributed by atoms with Gasteiger partial charge in [-0.1, -0.05) is 18.2 Å². The van der Waals surface area contributed by atoms with Crippen LogP contribution in [-0.2, 0) is 14.3 Å². The van der Waals surface area contributed by atoms with Gasteiger partial charge in [-0.05, 0) is 26.0 Å². The molecule has 2 N–H and O–H groups in total. The summed E-state index contributed by atoms with van der Waals surface area (Å²) in [4.78, 5) is 34.3. The van der Waals surface area contributed by atoms with Crippen LogP contribution in [0.2, 0.25) is 0 Å². The second-order valence-electron chi connectivity index (χ2n) is 4.86. The molecule has 0 bridgehead atoms. The lowest BCUT2D eigenvalue weighted by molar-refractivity contribution is -0.143. The normalized spacial score (nSPS) is 10.4. The van der Waals surface area contributed by atoms with Gasteiger partial charge in [-0.3, -0.25) is 10.1 Å². The van der Waals surface area contributed by atoms with Crippen LogP contribution in [0, 0.1) is 0 Å². The third-order valence-corrected chi connectivity index (χ3v) is 2.56. The van der Waals surface area contributed by atoms with Gasteiger partial charge in [-0.2, -0.15) is 0 Å². The van der Waals surface area contributed by atoms with Gasteiger partial charge < -0.3 is 14.8 Å². The molecule has 124 valence electrons. The fourth-order valence-corrected chi connectivity index (χ4v) is 1.61. The van der Waals surface area contributed by atoms with Crippen molar-refractivity contribution < 1.29 is 23.9 Å². The van der Waals surface area contributed by atoms with E-state index in [1.165, 1.54) is 19.3 Å². The Hall–Kier alpha value is -2.83. The van der Waals surface area contributed by atoms with Crippen molar-refractivity contribution in [2.75, 3.05) is 13.7 Å². The summed E-state index contributed by atoms with van der Waals surface area (Å²) in [5.74, 6) is -0.794. The first-order valence-electron chi connectivity index (χ1n) is 7.00. The lowest BCUT2D eigenvalue weighted by Crippen LogP contribution is -2.43. The van der Waals surface area contributed by atoms with Gasteiger partial charge in [0, 0.05) is 17.7 Å². The van der Waals surface area contributed by atoms with E-state index in [9.17, 15) is 14.4 Å². The molecule has 0 spiro atoms. The molecular weight excluding hydrogens is 300 g/mol. The summed E-state index contributed by atoms with van der Waals surface area (Å²) in [5.41, 5.74) is 0.702. The third kappa shape index (κ3) is 7.12. The Morgan fingerprint density at radius 2 is 1.91 bits per heavy atom. The summed E-state index contributed by atoms with van der Waals surface area (Å²) < 4.78 is 9.89. The summed E-state index contributed by atoms with van der Waals surface area (Å²) in [6.45, 7) is 2.97. The molecule has 7 nitrogen and oxygen atoms in total. The van der Waals surface area contributed by atoms with Gasteiger partial charge in [0.1, 0.15) is 5.75 Å². The molecule has 0 aliphatic heterocycles. The molecule has 0 aliphatic carbocycles. The van der Waals surface area contributed by atoms with E-state index in [1.54, 1.807) is 38.1 Å². The molecule has 0 aromatic heterocycles. The van der Waals surface area contributed by atoms with E-state index >= 15 is 0 Å². The highest BCUT2D eigenvalue weighted by Crippen LogP contribution is 2.18. The minimum Gasteiger partial charge on any atom is -0.496 e. The number of rotatable bonds is 6. The molecule has 0 heterocycles. The van der Waals surface area contributed by atoms with E-state index in [-0.39, 0.29) is 6.04 Å². The molecule has 0 fully saturated rings. The molecule has 0 saturated carbocycles. The number of ether oxygens (including phenoxy) is 2. The zero-order valence-electron chi connectivity index (χ0n) is 13.3. The molecule has 1 rings (SSSR count). The lowest BCUT2D eigenvalue weighted by atomic mass is 10.2. The van der Waals surface area contributed by atoms with Crippen LogP contribution in [0.25, 0.3) is 6.08 Å². The lowest BCUT2D eigenvalue weighted by Gasteiger charge is -2.08. The first kappa shape index (κ1) is 18.2. The number of methoxy groups -OCH3 is 1. The molecule has 7 heteroatoms. The number of esters is 1. The maximum atomic E-state index is 11.6. The monoisotopic (exact) mass is 320 g/mol. The zero-order chi connectivity index (χ0) is 17.2. The second kappa shape index (κ2) is 9.24. The van der Waals surface area contributed by atoms with E-state index in [1.807, 2.05) is 5.32 Å². The fraction of sp³-hybridized carbons (Fsp3) is 0.312. The Bertz CT molecular complexity index is 596. The van der Waals surface area contributed by atoms with Crippen LogP contribution in [-0.4, -0.2) is 37.7 Å². The van der Waals surface area contributed by atoms with Crippen LogP contribution in [0.15, 0.2) is 30.3 Å². The van der Waals surface area contributed by atoms with Gasteiger partial charge in [-0.25, -0.2) is 9.59 Å². The molecule has 0 unspecified atom stereocenters. The van der Waals surface area contributed by atoms with Crippen LogP contribution in [0.3, 0.4) is 0 Å². The number of imide groups is 1. The fourth-order valence-electron chi connectivity index (χ4n) is 1.61. The molecule has 23 heavy (non-hydrogen) atoms. The minimum atomic E-state index is -0.706. The van der Waals surface area contributed by atoms with E-state index in [2.05, 4.69) is 5.32 Å². The van der Waals surface area contributed by atoms with Crippen LogP contribution in [0.1, 0.15) is 19.4 Å². The number of amides is 3. The van der Waals surface area contributed by atoms with Gasteiger partial charge in [0.2, 0.25) is 0 Å². The Morgan fingerprint density at radius 1 is 1.22 bits per heavy atom. The molecule has 0 aliphatic rings. The second-order valence-corrected chi connectivity index (χ2v) is 4.86. The van der Waals surface area contributed by atoms with Crippen LogP contribution in [0.4, 0.5) is 4.79 Å². The number of carbonyl (C=O) groups is 3. The van der Waals surface area contributed by atoms with Crippen molar-refractivity contribution in [3.05, 3.63) is 35.9 Å². The highest BCUT2D eigenvalue weighted by Gasteiger charge is 2.10. The largest absolute Gasteiger partial charge is 0.496 e. The van der Waals surface area contributed by atoms with Gasteiger partial charge >= 0.3 is 12.0 Å². The van der Waals surface area contributed by atoms with Crippen molar-refractivity contribution in [1.82, 2.24) is 10.6 Å². The predicted molar refractivity (Wildman–Crippen MR) is 84.8 cm³/mol. The molecule has 0 radical (unpaired) electrons. The smallest absolute Gasteiger partial charge is 0.331 e. The first-order chi connectivity index (χ1) is 10.9. The third-order valence-electron chi connectivity index (χ3n) is 2.56. The van der Waals surface area contributed by atoms with Crippen molar-refractivity contribution in [3.63, 3.8) is 0 Å². The van der Waals surface area contributed by atoms with E-state index in [4.69, 9.17) is 9.47 Å². The number of nitrogens with one attached hydrogen (secondary N) is 2. The number of hydrogen-bond donors (Lipinski definition) is 2. The molecule has 0 atom stereocenters. The molecule has 0 saturated heterocycles. The summed E-state index contributed by atoms with van der Waals surface area (Å²) >= 11 is 0. The van der Waals surface area contributed by atoms with E-state index in [0.717, 1.165) is 0 Å². The summed E-state index contributed by atoms with van der Waals surface area (Å²) in [6.07, 6.45) is 2.70. The first-order valence-corrected chi connectivity index (χ1v) is 7.00. The van der Waals surface area contributed by atoms with Gasteiger partial charge in [0.25, 0.3) is 5.91 Å². The Labute approximate surface area is 134 Å². The number of hydrogen-bond acceptors (Lipinski definition) is 5. The molecule has 3 amide bonds. The average Bonchev–Trinajstić information content (AvgIpc) is 2.50. The molecular formula is C16H20N2O5. The Morgan fingerprint density at radius 3 is 2.57 bits per heavy atom. The topological polar surface area (TPSA) is 93.7 Å². The maximum absolute atomic E-state index is 11.6. The van der Waals surface area contributed by atoms with Crippen molar-refractivity contribution >= 4 is 24.0 Å². The highest BCUT2D eigenvalue weighted by atomic mass is 16.5. The standard InChI is InChI=1S/C16H20N2O5/c1-11(2)17-16(21)18-14(19)10-23-15(20)9-8-12-6-4-5-7-13(12)22-3/h4-9,11H,10H2,1-3H3,(H2,17,18,19,21)/b9-8+. The highest BCUT2D eigenvalue weighted by molar-refractivity contribution is 5.96. The van der Waals surface area contributed by atoms with Gasteiger partial charge in [0.15, 0.2) is 6.61 Å². The van der Waals surface area contributed by atoms with Crippen LogP contribution >= 0.6 is 0 Å². The predicted octanol–water partition coefficient (Wildman–Crippen LogP) is 1.49. The summed E-state index contributed by atoms with van der Waals surface area (Å²) in [5, 5.41) is 4.53. The Kier molecular flexibility index (Phi) is 7.32. The number of para-hydroxylation sites is 1. The van der Waals surface area contributed by atoms with Gasteiger partial charge in [0.05, 0.1) is 7.11 Å². The Balaban J connectivity index is 2.43. The number of carbonyl (C=O) groups excluding carboxylic acids is 3. The van der Waals surface area contributed by atoms with Crippen molar-refractivity contribution in [3.8, 4) is 5.75 Å². The minimum absolute atomic E-state index is 0.103. The molecule has 1 aromatic rings. The number of urea groups is 1.